The smallest absolute Gasteiger partial charge is 0.227 e. The van der Waals surface area contributed by atoms with Crippen molar-refractivity contribution in [3.05, 3.63) is 29.8 Å². The number of aliphatic hydroxyl groups excluding tert-OH is 1. The molecule has 1 amide bonds. The van der Waals surface area contributed by atoms with Gasteiger partial charge in [0.05, 0.1) is 6.10 Å². The van der Waals surface area contributed by atoms with Gasteiger partial charge < -0.3 is 15.3 Å². The van der Waals surface area contributed by atoms with Gasteiger partial charge in [-0.15, -0.1) is 0 Å². The Morgan fingerprint density at radius 3 is 2.45 bits per heavy atom. The lowest BCUT2D eigenvalue weighted by Gasteiger charge is -2.20. The molecule has 1 aliphatic rings. The minimum Gasteiger partial charge on any atom is -0.392 e. The third kappa shape index (κ3) is 4.55. The molecular weight excluding hydrogens is 276 g/mol. The predicted octanol–water partition coefficient (Wildman–Crippen LogP) is 2.87. The van der Waals surface area contributed by atoms with E-state index in [2.05, 4.69) is 38.2 Å². The van der Waals surface area contributed by atoms with Crippen LogP contribution in [0.5, 0.6) is 0 Å². The highest BCUT2D eigenvalue weighted by Crippen LogP contribution is 2.23. The van der Waals surface area contributed by atoms with E-state index in [0.29, 0.717) is 18.9 Å². The van der Waals surface area contributed by atoms with Gasteiger partial charge in [0.2, 0.25) is 5.91 Å². The Bertz CT molecular complexity index is 484. The van der Waals surface area contributed by atoms with Gasteiger partial charge in [0.25, 0.3) is 0 Å². The topological polar surface area (TPSA) is 52.6 Å². The summed E-state index contributed by atoms with van der Waals surface area (Å²) in [6.45, 7) is 7.76. The second-order valence-corrected chi connectivity index (χ2v) is 6.65. The Morgan fingerprint density at radius 2 is 1.91 bits per heavy atom. The van der Waals surface area contributed by atoms with Gasteiger partial charge in [0, 0.05) is 31.2 Å². The van der Waals surface area contributed by atoms with Crippen molar-refractivity contribution in [3.63, 3.8) is 0 Å². The molecule has 1 aromatic rings. The van der Waals surface area contributed by atoms with Crippen LogP contribution in [-0.4, -0.2) is 30.2 Å². The SMILES string of the molecule is CC(C)CC(O)CNC(C)c1ccc(N2CCCC2=O)cc1. The third-order valence-corrected chi connectivity index (χ3v) is 4.18. The first-order chi connectivity index (χ1) is 10.5. The summed E-state index contributed by atoms with van der Waals surface area (Å²) in [6, 6.07) is 8.34. The highest BCUT2D eigenvalue weighted by molar-refractivity contribution is 5.95. The standard InChI is InChI=1S/C18H28N2O2/c1-13(2)11-17(21)12-19-14(3)15-6-8-16(9-7-15)20-10-4-5-18(20)22/h6-9,13-14,17,19,21H,4-5,10-12H2,1-3H3. The summed E-state index contributed by atoms with van der Waals surface area (Å²) in [5, 5.41) is 13.3. The van der Waals surface area contributed by atoms with Gasteiger partial charge in [-0.1, -0.05) is 26.0 Å². The molecule has 1 aromatic carbocycles. The lowest BCUT2D eigenvalue weighted by molar-refractivity contribution is -0.117. The van der Waals surface area contributed by atoms with Crippen molar-refractivity contribution >= 4 is 11.6 Å². The maximum Gasteiger partial charge on any atom is 0.227 e. The number of amides is 1. The van der Waals surface area contributed by atoms with E-state index in [1.165, 1.54) is 5.56 Å². The molecule has 22 heavy (non-hydrogen) atoms. The molecule has 0 radical (unpaired) electrons. The molecule has 2 rings (SSSR count). The van der Waals surface area contributed by atoms with Gasteiger partial charge in [-0.3, -0.25) is 4.79 Å². The zero-order valence-corrected chi connectivity index (χ0v) is 13.9. The van der Waals surface area contributed by atoms with Crippen LogP contribution >= 0.6 is 0 Å². The van der Waals surface area contributed by atoms with Gasteiger partial charge in [-0.05, 0) is 43.4 Å². The maximum absolute atomic E-state index is 11.7. The van der Waals surface area contributed by atoms with Gasteiger partial charge in [0.1, 0.15) is 0 Å². The van der Waals surface area contributed by atoms with E-state index in [4.69, 9.17) is 0 Å². The number of nitrogens with one attached hydrogen (secondary N) is 1. The molecule has 4 nitrogen and oxygen atoms in total. The number of hydrogen-bond donors (Lipinski definition) is 2. The van der Waals surface area contributed by atoms with Crippen molar-refractivity contribution in [1.82, 2.24) is 5.32 Å². The summed E-state index contributed by atoms with van der Waals surface area (Å²) in [4.78, 5) is 13.6. The summed E-state index contributed by atoms with van der Waals surface area (Å²) < 4.78 is 0. The summed E-state index contributed by atoms with van der Waals surface area (Å²) in [5.74, 6) is 0.722. The average molecular weight is 304 g/mol. The fraction of sp³-hybridized carbons (Fsp3) is 0.611. The van der Waals surface area contributed by atoms with Gasteiger partial charge in [-0.2, -0.15) is 0 Å². The quantitative estimate of drug-likeness (QED) is 0.814. The molecule has 122 valence electrons. The number of anilines is 1. The van der Waals surface area contributed by atoms with Crippen LogP contribution in [-0.2, 0) is 4.79 Å². The Hall–Kier alpha value is -1.39. The zero-order valence-electron chi connectivity index (χ0n) is 13.9. The first-order valence-electron chi connectivity index (χ1n) is 8.29. The molecule has 0 saturated carbocycles. The molecule has 0 spiro atoms. The van der Waals surface area contributed by atoms with Crippen LogP contribution in [0, 0.1) is 5.92 Å². The minimum absolute atomic E-state index is 0.185. The van der Waals surface area contributed by atoms with Crippen molar-refractivity contribution in [1.29, 1.82) is 0 Å². The fourth-order valence-electron chi connectivity index (χ4n) is 2.92. The third-order valence-electron chi connectivity index (χ3n) is 4.18. The number of nitrogens with zero attached hydrogens (tertiary/aromatic N) is 1. The van der Waals surface area contributed by atoms with E-state index in [1.54, 1.807) is 0 Å². The molecule has 1 aliphatic heterocycles. The van der Waals surface area contributed by atoms with Crippen molar-refractivity contribution in [3.8, 4) is 0 Å². The second-order valence-electron chi connectivity index (χ2n) is 6.65. The fourth-order valence-corrected chi connectivity index (χ4v) is 2.92. The lowest BCUT2D eigenvalue weighted by atomic mass is 10.0. The van der Waals surface area contributed by atoms with Crippen LogP contribution in [0.15, 0.2) is 24.3 Å². The van der Waals surface area contributed by atoms with Crippen LogP contribution in [0.1, 0.15) is 51.6 Å². The predicted molar refractivity (Wildman–Crippen MR) is 89.9 cm³/mol. The molecule has 0 aliphatic carbocycles. The summed E-state index contributed by atoms with van der Waals surface area (Å²) in [5.41, 5.74) is 2.16. The van der Waals surface area contributed by atoms with Crippen LogP contribution in [0.2, 0.25) is 0 Å². The van der Waals surface area contributed by atoms with Gasteiger partial charge in [0.15, 0.2) is 0 Å². The number of hydrogen-bond acceptors (Lipinski definition) is 3. The minimum atomic E-state index is -0.302. The normalized spacial score (nSPS) is 18.0. The number of carbonyl (C=O) groups excluding carboxylic acids is 1. The Balaban J connectivity index is 1.88. The van der Waals surface area contributed by atoms with Crippen molar-refractivity contribution in [2.45, 2.75) is 52.2 Å². The molecule has 2 N–H and O–H groups in total. The van der Waals surface area contributed by atoms with E-state index in [-0.39, 0.29) is 18.1 Å². The summed E-state index contributed by atoms with van der Waals surface area (Å²) in [7, 11) is 0. The van der Waals surface area contributed by atoms with Gasteiger partial charge >= 0.3 is 0 Å². The Labute approximate surface area is 133 Å². The van der Waals surface area contributed by atoms with E-state index < -0.39 is 0 Å². The first kappa shape index (κ1) is 17.0. The van der Waals surface area contributed by atoms with E-state index in [9.17, 15) is 9.90 Å². The Morgan fingerprint density at radius 1 is 1.23 bits per heavy atom. The number of aliphatic hydroxyl groups is 1. The van der Waals surface area contributed by atoms with Crippen molar-refractivity contribution in [2.24, 2.45) is 5.92 Å². The highest BCUT2D eigenvalue weighted by atomic mass is 16.3. The van der Waals surface area contributed by atoms with Crippen molar-refractivity contribution < 1.29 is 9.90 Å². The summed E-state index contributed by atoms with van der Waals surface area (Å²) >= 11 is 0. The molecule has 2 atom stereocenters. The number of benzene rings is 1. The van der Waals surface area contributed by atoms with Gasteiger partial charge in [-0.25, -0.2) is 0 Å². The highest BCUT2D eigenvalue weighted by Gasteiger charge is 2.21. The van der Waals surface area contributed by atoms with E-state index >= 15 is 0 Å². The first-order valence-corrected chi connectivity index (χ1v) is 8.29. The molecule has 0 aromatic heterocycles. The zero-order chi connectivity index (χ0) is 16.1. The number of carbonyl (C=O) groups is 1. The Kier molecular flexibility index (Phi) is 5.98. The average Bonchev–Trinajstić information content (AvgIpc) is 2.90. The molecule has 2 unspecified atom stereocenters. The van der Waals surface area contributed by atoms with Crippen LogP contribution in [0.25, 0.3) is 0 Å². The lowest BCUT2D eigenvalue weighted by Crippen LogP contribution is -2.30. The number of rotatable bonds is 7. The second kappa shape index (κ2) is 7.75. The summed E-state index contributed by atoms with van der Waals surface area (Å²) in [6.07, 6.45) is 2.12. The van der Waals surface area contributed by atoms with Crippen LogP contribution in [0.4, 0.5) is 5.69 Å². The maximum atomic E-state index is 11.7. The van der Waals surface area contributed by atoms with Crippen LogP contribution < -0.4 is 10.2 Å². The molecule has 0 bridgehead atoms. The van der Waals surface area contributed by atoms with E-state index in [0.717, 1.165) is 25.1 Å². The van der Waals surface area contributed by atoms with Crippen molar-refractivity contribution in [2.75, 3.05) is 18.0 Å². The monoisotopic (exact) mass is 304 g/mol. The molecule has 1 heterocycles. The molecule has 1 fully saturated rings. The molecule has 1 saturated heterocycles. The molecular formula is C18H28N2O2. The van der Waals surface area contributed by atoms with E-state index in [1.807, 2.05) is 17.0 Å². The molecule has 4 heteroatoms. The van der Waals surface area contributed by atoms with Crippen LogP contribution in [0.3, 0.4) is 0 Å². The largest absolute Gasteiger partial charge is 0.392 e.